The van der Waals surface area contributed by atoms with Crippen molar-refractivity contribution in [3.8, 4) is 6.07 Å². The fourth-order valence-electron chi connectivity index (χ4n) is 2.38. The summed E-state index contributed by atoms with van der Waals surface area (Å²) < 4.78 is 0. The molecule has 1 aromatic carbocycles. The molecule has 0 aromatic heterocycles. The Balaban J connectivity index is 2.02. The van der Waals surface area contributed by atoms with Crippen LogP contribution in [-0.2, 0) is 4.79 Å². The van der Waals surface area contributed by atoms with E-state index in [1.807, 2.05) is 6.07 Å². The molecule has 0 saturated carbocycles. The van der Waals surface area contributed by atoms with E-state index in [1.165, 1.54) is 4.90 Å². The van der Waals surface area contributed by atoms with E-state index in [1.54, 1.807) is 31.2 Å². The van der Waals surface area contributed by atoms with Crippen molar-refractivity contribution in [2.24, 2.45) is 5.92 Å². The van der Waals surface area contributed by atoms with Gasteiger partial charge < -0.3 is 15.3 Å². The maximum atomic E-state index is 12.1. The summed E-state index contributed by atoms with van der Waals surface area (Å²) >= 11 is 0. The SMILES string of the molecule is CC1C(C(=O)O)CCN1C(=O)Nc1ccc(C#N)cc1. The molecule has 2 rings (SSSR count). The van der Waals surface area contributed by atoms with Crippen molar-refractivity contribution in [1.29, 1.82) is 5.26 Å². The molecule has 20 heavy (non-hydrogen) atoms. The summed E-state index contributed by atoms with van der Waals surface area (Å²) in [5.41, 5.74) is 1.10. The minimum atomic E-state index is -0.869. The smallest absolute Gasteiger partial charge is 0.322 e. The van der Waals surface area contributed by atoms with Crippen LogP contribution in [0.4, 0.5) is 10.5 Å². The highest BCUT2D eigenvalue weighted by atomic mass is 16.4. The Morgan fingerprint density at radius 1 is 1.40 bits per heavy atom. The number of likely N-dealkylation sites (tertiary alicyclic amines) is 1. The Morgan fingerprint density at radius 2 is 2.05 bits per heavy atom. The average molecular weight is 273 g/mol. The van der Waals surface area contributed by atoms with Crippen LogP contribution in [0.2, 0.25) is 0 Å². The highest BCUT2D eigenvalue weighted by molar-refractivity contribution is 5.90. The van der Waals surface area contributed by atoms with E-state index < -0.39 is 11.9 Å². The molecular formula is C14H15N3O3. The monoisotopic (exact) mass is 273 g/mol. The van der Waals surface area contributed by atoms with E-state index in [0.29, 0.717) is 24.2 Å². The van der Waals surface area contributed by atoms with Gasteiger partial charge in [-0.1, -0.05) is 0 Å². The van der Waals surface area contributed by atoms with Crippen molar-refractivity contribution in [3.05, 3.63) is 29.8 Å². The van der Waals surface area contributed by atoms with E-state index in [9.17, 15) is 9.59 Å². The minimum Gasteiger partial charge on any atom is -0.481 e. The Bertz CT molecular complexity index is 562. The van der Waals surface area contributed by atoms with Crippen LogP contribution in [-0.4, -0.2) is 34.6 Å². The van der Waals surface area contributed by atoms with Crippen molar-refractivity contribution in [2.45, 2.75) is 19.4 Å². The number of rotatable bonds is 2. The van der Waals surface area contributed by atoms with Gasteiger partial charge in [-0.2, -0.15) is 5.26 Å². The molecule has 6 heteroatoms. The number of urea groups is 1. The van der Waals surface area contributed by atoms with E-state index in [2.05, 4.69) is 5.32 Å². The van der Waals surface area contributed by atoms with E-state index >= 15 is 0 Å². The molecule has 6 nitrogen and oxygen atoms in total. The minimum absolute atomic E-state index is 0.314. The Morgan fingerprint density at radius 3 is 2.55 bits per heavy atom. The fraction of sp³-hybridized carbons (Fsp3) is 0.357. The molecule has 2 atom stereocenters. The van der Waals surface area contributed by atoms with Gasteiger partial charge in [-0.15, -0.1) is 0 Å². The van der Waals surface area contributed by atoms with Gasteiger partial charge in [0.2, 0.25) is 0 Å². The van der Waals surface area contributed by atoms with Gasteiger partial charge in [0.1, 0.15) is 0 Å². The normalized spacial score (nSPS) is 21.3. The molecule has 2 unspecified atom stereocenters. The van der Waals surface area contributed by atoms with Gasteiger partial charge in [0, 0.05) is 18.3 Å². The third kappa shape index (κ3) is 2.72. The second-order valence-electron chi connectivity index (χ2n) is 4.79. The van der Waals surface area contributed by atoms with Crippen molar-refractivity contribution in [2.75, 3.05) is 11.9 Å². The molecule has 1 aliphatic heterocycles. The third-order valence-electron chi connectivity index (χ3n) is 3.60. The molecule has 104 valence electrons. The highest BCUT2D eigenvalue weighted by Gasteiger charge is 2.38. The first-order valence-corrected chi connectivity index (χ1v) is 6.33. The lowest BCUT2D eigenvalue weighted by Crippen LogP contribution is -2.40. The lowest BCUT2D eigenvalue weighted by Gasteiger charge is -2.23. The van der Waals surface area contributed by atoms with Gasteiger partial charge in [-0.3, -0.25) is 4.79 Å². The van der Waals surface area contributed by atoms with Gasteiger partial charge >= 0.3 is 12.0 Å². The predicted molar refractivity (Wildman–Crippen MR) is 72.1 cm³/mol. The number of amides is 2. The van der Waals surface area contributed by atoms with Crippen molar-refractivity contribution in [3.63, 3.8) is 0 Å². The molecule has 1 aromatic rings. The summed E-state index contributed by atoms with van der Waals surface area (Å²) in [6, 6.07) is 7.88. The van der Waals surface area contributed by atoms with Gasteiger partial charge in [0.05, 0.1) is 17.6 Å². The molecule has 0 radical (unpaired) electrons. The highest BCUT2D eigenvalue weighted by Crippen LogP contribution is 2.25. The second-order valence-corrected chi connectivity index (χ2v) is 4.79. The van der Waals surface area contributed by atoms with Gasteiger partial charge in [0.25, 0.3) is 0 Å². The fourth-order valence-corrected chi connectivity index (χ4v) is 2.38. The lowest BCUT2D eigenvalue weighted by molar-refractivity contribution is -0.142. The number of carbonyl (C=O) groups excluding carboxylic acids is 1. The van der Waals surface area contributed by atoms with Crippen molar-refractivity contribution < 1.29 is 14.7 Å². The van der Waals surface area contributed by atoms with Gasteiger partial charge in [-0.25, -0.2) is 4.79 Å². The molecule has 1 aliphatic rings. The average Bonchev–Trinajstić information content (AvgIpc) is 2.81. The first-order chi connectivity index (χ1) is 9.52. The van der Waals surface area contributed by atoms with Crippen LogP contribution in [0.5, 0.6) is 0 Å². The predicted octanol–water partition coefficient (Wildman–Crippen LogP) is 1.89. The summed E-state index contributed by atoms with van der Waals surface area (Å²) in [5, 5.41) is 20.4. The van der Waals surface area contributed by atoms with Gasteiger partial charge in [-0.05, 0) is 37.6 Å². The number of anilines is 1. The number of carboxylic acid groups (broad SMARTS) is 1. The van der Waals surface area contributed by atoms with Crippen LogP contribution in [0.25, 0.3) is 0 Å². The maximum Gasteiger partial charge on any atom is 0.322 e. The quantitative estimate of drug-likeness (QED) is 0.860. The standard InChI is InChI=1S/C14H15N3O3/c1-9-12(13(18)19)6-7-17(9)14(20)16-11-4-2-10(8-15)3-5-11/h2-5,9,12H,6-7H2,1H3,(H,16,20)(H,18,19). The van der Waals surface area contributed by atoms with Crippen LogP contribution in [0, 0.1) is 17.2 Å². The molecule has 2 N–H and O–H groups in total. The van der Waals surface area contributed by atoms with Crippen LogP contribution >= 0.6 is 0 Å². The summed E-state index contributed by atoms with van der Waals surface area (Å²) in [4.78, 5) is 24.6. The number of carbonyl (C=O) groups is 2. The summed E-state index contributed by atoms with van der Waals surface area (Å²) in [7, 11) is 0. The van der Waals surface area contributed by atoms with Crippen molar-refractivity contribution >= 4 is 17.7 Å². The number of nitrogens with one attached hydrogen (secondary N) is 1. The van der Waals surface area contributed by atoms with Gasteiger partial charge in [0.15, 0.2) is 0 Å². The number of aliphatic carboxylic acids is 1. The topological polar surface area (TPSA) is 93.4 Å². The Labute approximate surface area is 116 Å². The van der Waals surface area contributed by atoms with Crippen molar-refractivity contribution in [1.82, 2.24) is 4.90 Å². The van der Waals surface area contributed by atoms with E-state index in [0.717, 1.165) is 0 Å². The first-order valence-electron chi connectivity index (χ1n) is 6.33. The number of nitrogens with zero attached hydrogens (tertiary/aromatic N) is 2. The zero-order valence-electron chi connectivity index (χ0n) is 11.0. The van der Waals surface area contributed by atoms with E-state index in [4.69, 9.17) is 10.4 Å². The molecule has 2 amide bonds. The maximum absolute atomic E-state index is 12.1. The molecule has 0 bridgehead atoms. The number of carboxylic acids is 1. The van der Waals surface area contributed by atoms with Crippen LogP contribution in [0.15, 0.2) is 24.3 Å². The number of nitriles is 1. The zero-order chi connectivity index (χ0) is 14.7. The third-order valence-corrected chi connectivity index (χ3v) is 3.60. The van der Waals surface area contributed by atoms with Crippen LogP contribution < -0.4 is 5.32 Å². The summed E-state index contributed by atoms with van der Waals surface area (Å²) in [5.74, 6) is -1.38. The number of hydrogen-bond acceptors (Lipinski definition) is 3. The number of benzene rings is 1. The molecule has 0 aliphatic carbocycles. The second kappa shape index (κ2) is 5.61. The Hall–Kier alpha value is -2.55. The Kier molecular flexibility index (Phi) is 3.89. The molecule has 1 saturated heterocycles. The molecule has 1 fully saturated rings. The summed E-state index contributed by atoms with van der Waals surface area (Å²) in [6.45, 7) is 2.17. The van der Waals surface area contributed by atoms with Crippen LogP contribution in [0.3, 0.4) is 0 Å². The zero-order valence-corrected chi connectivity index (χ0v) is 11.0. The molecular weight excluding hydrogens is 258 g/mol. The largest absolute Gasteiger partial charge is 0.481 e. The number of hydrogen-bond donors (Lipinski definition) is 2. The summed E-state index contributed by atoms with van der Waals surface area (Å²) in [6.07, 6.45) is 0.470. The molecule has 1 heterocycles. The van der Waals surface area contributed by atoms with Crippen LogP contribution in [0.1, 0.15) is 18.9 Å². The lowest BCUT2D eigenvalue weighted by atomic mass is 10.0. The first kappa shape index (κ1) is 13.9. The van der Waals surface area contributed by atoms with E-state index in [-0.39, 0.29) is 12.1 Å². The molecule has 0 spiro atoms.